The van der Waals surface area contributed by atoms with E-state index < -0.39 is 12.2 Å². The maximum atomic E-state index is 9.75. The second-order valence-electron chi connectivity index (χ2n) is 5.57. The van der Waals surface area contributed by atoms with Crippen LogP contribution in [0.15, 0.2) is 0 Å². The molecule has 1 heterocycles. The standard InChI is InChI=1S/C7H14O3.C5H10O2.C3H9NO2.C2H6/c1-6(2)7(9)5-10-4-3-8;1-4-2-5(3-6)7-4;4-1-3(6)2-5;1-2/h3,6-7,9H,4-5H2,1-2H3;4-6H,2-3H2,1H3;3,5-6H,1-2,4H2;1-2H3. The Kier molecular flexibility index (Phi) is 25.0. The van der Waals surface area contributed by atoms with Gasteiger partial charge in [-0.1, -0.05) is 27.7 Å². The molecule has 0 saturated carbocycles. The highest BCUT2D eigenvalue weighted by molar-refractivity contribution is 5.50. The maximum absolute atomic E-state index is 9.75. The highest BCUT2D eigenvalue weighted by Gasteiger charge is 2.24. The molecule has 4 unspecified atom stereocenters. The summed E-state index contributed by atoms with van der Waals surface area (Å²) in [6.45, 7) is 10.2. The fraction of sp³-hybridized carbons (Fsp3) is 0.941. The zero-order valence-electron chi connectivity index (χ0n) is 16.3. The van der Waals surface area contributed by atoms with Crippen molar-refractivity contribution in [3.63, 3.8) is 0 Å². The highest BCUT2D eigenvalue weighted by atomic mass is 16.5. The van der Waals surface area contributed by atoms with Crippen molar-refractivity contribution in [3.05, 3.63) is 0 Å². The summed E-state index contributed by atoms with van der Waals surface area (Å²) in [5.74, 6) is 0.187. The maximum Gasteiger partial charge on any atom is 0.145 e. The molecule has 0 bridgehead atoms. The van der Waals surface area contributed by atoms with Gasteiger partial charge >= 0.3 is 0 Å². The molecule has 0 aromatic heterocycles. The molecule has 154 valence electrons. The number of carbonyl (C=O) groups excluding carboxylic acids is 1. The van der Waals surface area contributed by atoms with Crippen molar-refractivity contribution in [1.82, 2.24) is 0 Å². The Labute approximate surface area is 151 Å². The highest BCUT2D eigenvalue weighted by Crippen LogP contribution is 2.18. The normalized spacial score (nSPS) is 20.4. The molecule has 8 heteroatoms. The van der Waals surface area contributed by atoms with Crippen molar-refractivity contribution in [2.24, 2.45) is 11.7 Å². The average Bonchev–Trinajstić information content (AvgIpc) is 2.61. The molecule has 0 spiro atoms. The van der Waals surface area contributed by atoms with Crippen LogP contribution in [-0.2, 0) is 14.3 Å². The number of carbonyl (C=O) groups is 1. The van der Waals surface area contributed by atoms with Crippen molar-refractivity contribution in [3.8, 4) is 0 Å². The van der Waals surface area contributed by atoms with Gasteiger partial charge in [-0.05, 0) is 12.8 Å². The minimum absolute atomic E-state index is 0.0732. The minimum atomic E-state index is -0.731. The third kappa shape index (κ3) is 21.3. The molecule has 1 aliphatic heterocycles. The van der Waals surface area contributed by atoms with Crippen molar-refractivity contribution < 1.29 is 34.7 Å². The summed E-state index contributed by atoms with van der Waals surface area (Å²) >= 11 is 0. The van der Waals surface area contributed by atoms with Crippen LogP contribution in [0.1, 0.15) is 41.0 Å². The predicted octanol–water partition coefficient (Wildman–Crippen LogP) is -0.301. The first-order valence-electron chi connectivity index (χ1n) is 8.76. The molecule has 1 saturated heterocycles. The molecule has 0 aliphatic carbocycles. The smallest absolute Gasteiger partial charge is 0.145 e. The third-order valence-corrected chi connectivity index (χ3v) is 2.95. The van der Waals surface area contributed by atoms with Gasteiger partial charge in [-0.3, -0.25) is 0 Å². The summed E-state index contributed by atoms with van der Waals surface area (Å²) < 4.78 is 9.83. The lowest BCUT2D eigenvalue weighted by atomic mass is 10.1. The molecule has 0 radical (unpaired) electrons. The second-order valence-corrected chi connectivity index (χ2v) is 5.57. The summed E-state index contributed by atoms with van der Waals surface area (Å²) in [6, 6.07) is 0. The second kappa shape index (κ2) is 21.4. The van der Waals surface area contributed by atoms with Crippen LogP contribution >= 0.6 is 0 Å². The molecule has 0 amide bonds. The van der Waals surface area contributed by atoms with E-state index in [0.29, 0.717) is 12.4 Å². The lowest BCUT2D eigenvalue weighted by Crippen LogP contribution is -2.37. The van der Waals surface area contributed by atoms with E-state index in [-0.39, 0.29) is 45.0 Å². The Morgan fingerprint density at radius 1 is 1.28 bits per heavy atom. The first kappa shape index (κ1) is 29.2. The van der Waals surface area contributed by atoms with Crippen molar-refractivity contribution >= 4 is 6.29 Å². The molecule has 1 fully saturated rings. The van der Waals surface area contributed by atoms with E-state index in [2.05, 4.69) is 0 Å². The molecule has 25 heavy (non-hydrogen) atoms. The number of aliphatic hydroxyl groups excluding tert-OH is 4. The van der Waals surface area contributed by atoms with Crippen molar-refractivity contribution in [2.45, 2.75) is 65.5 Å². The van der Waals surface area contributed by atoms with Crippen LogP contribution in [-0.4, -0.2) is 84.1 Å². The molecule has 8 nitrogen and oxygen atoms in total. The summed E-state index contributed by atoms with van der Waals surface area (Å²) in [6.07, 6.45) is 1.04. The number of aliphatic hydroxyl groups is 4. The SMILES string of the molecule is CC.CC(C)C(O)COCC=O.CC1CC(CO)O1.NCC(O)CO. The van der Waals surface area contributed by atoms with Crippen LogP contribution in [0, 0.1) is 5.92 Å². The predicted molar refractivity (Wildman–Crippen MR) is 97.3 cm³/mol. The number of hydrogen-bond acceptors (Lipinski definition) is 8. The third-order valence-electron chi connectivity index (χ3n) is 2.95. The quantitative estimate of drug-likeness (QED) is 0.290. The number of hydrogen-bond donors (Lipinski definition) is 5. The molecule has 1 rings (SSSR count). The fourth-order valence-corrected chi connectivity index (χ4v) is 1.31. The van der Waals surface area contributed by atoms with E-state index in [1.54, 1.807) is 0 Å². The van der Waals surface area contributed by atoms with Gasteiger partial charge in [0, 0.05) is 13.0 Å². The van der Waals surface area contributed by atoms with E-state index in [1.807, 2.05) is 34.6 Å². The molecule has 1 aliphatic rings. The van der Waals surface area contributed by atoms with Gasteiger partial charge in [0.25, 0.3) is 0 Å². The average molecular weight is 369 g/mol. The van der Waals surface area contributed by atoms with Gasteiger partial charge < -0.3 is 40.4 Å². The van der Waals surface area contributed by atoms with Gasteiger partial charge in [-0.25, -0.2) is 0 Å². The van der Waals surface area contributed by atoms with E-state index in [9.17, 15) is 4.79 Å². The first-order valence-corrected chi connectivity index (χ1v) is 8.76. The zero-order valence-corrected chi connectivity index (χ0v) is 16.3. The molecule has 0 aromatic rings. The minimum Gasteiger partial charge on any atom is -0.394 e. The van der Waals surface area contributed by atoms with E-state index in [1.165, 1.54) is 0 Å². The van der Waals surface area contributed by atoms with E-state index >= 15 is 0 Å². The molecular weight excluding hydrogens is 330 g/mol. The van der Waals surface area contributed by atoms with E-state index in [0.717, 1.165) is 6.42 Å². The van der Waals surface area contributed by atoms with Gasteiger partial charge in [0.15, 0.2) is 0 Å². The Morgan fingerprint density at radius 3 is 2.00 bits per heavy atom. The Morgan fingerprint density at radius 2 is 1.80 bits per heavy atom. The van der Waals surface area contributed by atoms with E-state index in [4.69, 9.17) is 35.6 Å². The molecular formula is C17H39NO7. The van der Waals surface area contributed by atoms with Crippen LogP contribution in [0.3, 0.4) is 0 Å². The summed E-state index contributed by atoms with van der Waals surface area (Å²) in [4.78, 5) is 9.75. The summed E-state index contributed by atoms with van der Waals surface area (Å²) in [5.41, 5.74) is 4.87. The zero-order chi connectivity index (χ0) is 20.3. The summed E-state index contributed by atoms with van der Waals surface area (Å²) in [5, 5.41) is 33.8. The number of aldehydes is 1. The first-order chi connectivity index (χ1) is 11.8. The number of nitrogens with two attached hydrogens (primary N) is 1. The lowest BCUT2D eigenvalue weighted by molar-refractivity contribution is -0.132. The molecule has 6 N–H and O–H groups in total. The Balaban J connectivity index is -0.000000285. The van der Waals surface area contributed by atoms with Gasteiger partial charge in [0.1, 0.15) is 12.9 Å². The van der Waals surface area contributed by atoms with Crippen LogP contribution in [0.5, 0.6) is 0 Å². The van der Waals surface area contributed by atoms with Crippen LogP contribution in [0.2, 0.25) is 0 Å². The molecule has 0 aromatic carbocycles. The van der Waals surface area contributed by atoms with Crippen LogP contribution in [0.4, 0.5) is 0 Å². The van der Waals surface area contributed by atoms with Gasteiger partial charge in [-0.2, -0.15) is 0 Å². The van der Waals surface area contributed by atoms with Gasteiger partial charge in [0.05, 0.1) is 44.2 Å². The fourth-order valence-electron chi connectivity index (χ4n) is 1.31. The lowest BCUT2D eigenvalue weighted by Gasteiger charge is -2.31. The Bertz CT molecular complexity index is 257. The number of rotatable bonds is 8. The van der Waals surface area contributed by atoms with Crippen molar-refractivity contribution in [2.75, 3.05) is 33.0 Å². The van der Waals surface area contributed by atoms with Crippen LogP contribution < -0.4 is 5.73 Å². The Hall–Kier alpha value is -0.610. The topological polar surface area (TPSA) is 142 Å². The summed E-state index contributed by atoms with van der Waals surface area (Å²) in [7, 11) is 0. The molecule has 4 atom stereocenters. The van der Waals surface area contributed by atoms with Gasteiger partial charge in [0.2, 0.25) is 0 Å². The number of ether oxygens (including phenoxy) is 2. The van der Waals surface area contributed by atoms with Crippen LogP contribution in [0.25, 0.3) is 0 Å². The monoisotopic (exact) mass is 369 g/mol. The van der Waals surface area contributed by atoms with Gasteiger partial charge in [-0.15, -0.1) is 0 Å². The van der Waals surface area contributed by atoms with Crippen molar-refractivity contribution in [1.29, 1.82) is 0 Å². The largest absolute Gasteiger partial charge is 0.394 e.